The number of aromatic amines is 1. The minimum absolute atomic E-state index is 0.0496. The smallest absolute Gasteiger partial charge is 0.263 e. The molecule has 0 amide bonds. The number of fused-ring (bicyclic) bond motifs is 2. The third kappa shape index (κ3) is 3.33. The van der Waals surface area contributed by atoms with Gasteiger partial charge in [-0.25, -0.2) is 9.97 Å². The first kappa shape index (κ1) is 20.4. The van der Waals surface area contributed by atoms with E-state index in [9.17, 15) is 4.79 Å². The van der Waals surface area contributed by atoms with E-state index >= 15 is 0 Å². The maximum atomic E-state index is 13.9. The molecule has 10 heteroatoms. The molecule has 170 valence electrons. The van der Waals surface area contributed by atoms with Crippen molar-refractivity contribution in [2.24, 2.45) is 0 Å². The summed E-state index contributed by atoms with van der Waals surface area (Å²) in [6.45, 7) is 0.775. The zero-order valence-corrected chi connectivity index (χ0v) is 18.9. The molecule has 4 aromatic rings. The second-order valence-electron chi connectivity index (χ2n) is 8.93. The molecule has 9 nitrogen and oxygen atoms in total. The number of imidazole rings is 1. The molecule has 1 saturated heterocycles. The largest absolute Gasteiger partial charge is 0.368 e. The zero-order valence-electron chi connectivity index (χ0n) is 18.2. The molecule has 1 unspecified atom stereocenters. The number of nitrogens with two attached hydrogens (primary N) is 1. The Morgan fingerprint density at radius 1 is 1.06 bits per heavy atom. The van der Waals surface area contributed by atoms with E-state index in [1.165, 1.54) is 6.42 Å². The Morgan fingerprint density at radius 2 is 1.91 bits per heavy atom. The maximum Gasteiger partial charge on any atom is 0.263 e. The Bertz CT molecular complexity index is 1410. The van der Waals surface area contributed by atoms with E-state index in [1.54, 1.807) is 12.4 Å². The van der Waals surface area contributed by atoms with Crippen LogP contribution in [0.2, 0.25) is 5.02 Å². The van der Waals surface area contributed by atoms with Crippen LogP contribution in [0.3, 0.4) is 0 Å². The zero-order chi connectivity index (χ0) is 22.5. The Hall–Kier alpha value is -3.20. The van der Waals surface area contributed by atoms with Crippen LogP contribution in [0.4, 0.5) is 11.8 Å². The van der Waals surface area contributed by atoms with E-state index < -0.39 is 0 Å². The van der Waals surface area contributed by atoms with Gasteiger partial charge in [-0.3, -0.25) is 9.36 Å². The van der Waals surface area contributed by atoms with Gasteiger partial charge in [0.15, 0.2) is 17.0 Å². The van der Waals surface area contributed by atoms with Gasteiger partial charge in [0, 0.05) is 12.6 Å². The van der Waals surface area contributed by atoms with Crippen LogP contribution < -0.4 is 16.2 Å². The van der Waals surface area contributed by atoms with Crippen molar-refractivity contribution in [3.63, 3.8) is 0 Å². The molecular formula is C23H25ClN8O. The van der Waals surface area contributed by atoms with Crippen LogP contribution in [-0.4, -0.2) is 36.0 Å². The van der Waals surface area contributed by atoms with Gasteiger partial charge in [0.25, 0.3) is 5.56 Å². The number of hydrogen-bond donors (Lipinski definition) is 2. The molecule has 1 aliphatic heterocycles. The molecule has 3 N–H and O–H groups in total. The predicted molar refractivity (Wildman–Crippen MR) is 129 cm³/mol. The average molecular weight is 465 g/mol. The number of anilines is 2. The Labute approximate surface area is 195 Å². The SMILES string of the molecule is Nc1nc(N2CCCC2c2nc3cccc(Cl)c3c(=O)n2C2CCCCC2)c2nc[nH]c2n1. The van der Waals surface area contributed by atoms with Crippen LogP contribution in [0.5, 0.6) is 0 Å². The second-order valence-corrected chi connectivity index (χ2v) is 9.33. The number of aromatic nitrogens is 6. The van der Waals surface area contributed by atoms with E-state index in [2.05, 4.69) is 24.8 Å². The fourth-order valence-electron chi connectivity index (χ4n) is 5.47. The first-order valence-corrected chi connectivity index (χ1v) is 11.9. The summed E-state index contributed by atoms with van der Waals surface area (Å²) in [5, 5.41) is 0.949. The first-order valence-electron chi connectivity index (χ1n) is 11.6. The number of benzene rings is 1. The van der Waals surface area contributed by atoms with E-state index in [0.717, 1.165) is 50.9 Å². The van der Waals surface area contributed by atoms with Crippen molar-refractivity contribution in [3.05, 3.63) is 45.7 Å². The molecule has 3 aromatic heterocycles. The van der Waals surface area contributed by atoms with Crippen LogP contribution in [0.1, 0.15) is 62.9 Å². The maximum absolute atomic E-state index is 13.9. The summed E-state index contributed by atoms with van der Waals surface area (Å²) >= 11 is 6.47. The molecule has 0 bridgehead atoms. The molecule has 1 saturated carbocycles. The molecule has 0 spiro atoms. The van der Waals surface area contributed by atoms with E-state index in [-0.39, 0.29) is 23.6 Å². The summed E-state index contributed by atoms with van der Waals surface area (Å²) in [5.41, 5.74) is 7.87. The molecule has 6 rings (SSSR count). The van der Waals surface area contributed by atoms with E-state index in [4.69, 9.17) is 22.3 Å². The lowest BCUT2D eigenvalue weighted by molar-refractivity contribution is 0.330. The quantitative estimate of drug-likeness (QED) is 0.467. The van der Waals surface area contributed by atoms with Gasteiger partial charge < -0.3 is 15.6 Å². The molecular weight excluding hydrogens is 440 g/mol. The third-order valence-electron chi connectivity index (χ3n) is 6.95. The molecule has 1 atom stereocenters. The summed E-state index contributed by atoms with van der Waals surface area (Å²) in [6, 6.07) is 5.48. The second kappa shape index (κ2) is 7.98. The van der Waals surface area contributed by atoms with Gasteiger partial charge in [-0.1, -0.05) is 36.9 Å². The summed E-state index contributed by atoms with van der Waals surface area (Å²) in [5.74, 6) is 1.65. The van der Waals surface area contributed by atoms with Crippen LogP contribution in [0, 0.1) is 0 Å². The predicted octanol–water partition coefficient (Wildman–Crippen LogP) is 4.15. The number of rotatable bonds is 3. The number of nitrogens with one attached hydrogen (secondary N) is 1. The molecule has 4 heterocycles. The van der Waals surface area contributed by atoms with Gasteiger partial charge in [0.1, 0.15) is 5.82 Å². The van der Waals surface area contributed by atoms with Gasteiger partial charge >= 0.3 is 0 Å². The highest BCUT2D eigenvalue weighted by atomic mass is 35.5. The van der Waals surface area contributed by atoms with Gasteiger partial charge in [-0.2, -0.15) is 9.97 Å². The van der Waals surface area contributed by atoms with Crippen molar-refractivity contribution in [3.8, 4) is 0 Å². The molecule has 1 aromatic carbocycles. The van der Waals surface area contributed by atoms with Crippen LogP contribution in [0.25, 0.3) is 22.1 Å². The first-order chi connectivity index (χ1) is 16.1. The highest BCUT2D eigenvalue weighted by Crippen LogP contribution is 2.39. The minimum Gasteiger partial charge on any atom is -0.368 e. The number of nitrogen functional groups attached to an aromatic ring is 1. The summed E-state index contributed by atoms with van der Waals surface area (Å²) in [4.78, 5) is 37.4. The Balaban J connectivity index is 1.56. The number of hydrogen-bond acceptors (Lipinski definition) is 7. The normalized spacial score (nSPS) is 19.7. The van der Waals surface area contributed by atoms with E-state index in [0.29, 0.717) is 32.9 Å². The molecule has 1 aliphatic carbocycles. The summed E-state index contributed by atoms with van der Waals surface area (Å²) in [7, 11) is 0. The van der Waals surface area contributed by atoms with Crippen molar-refractivity contribution >= 4 is 45.4 Å². The van der Waals surface area contributed by atoms with Gasteiger partial charge in [-0.15, -0.1) is 0 Å². The van der Waals surface area contributed by atoms with Crippen LogP contribution >= 0.6 is 11.6 Å². The Kier molecular flexibility index (Phi) is 4.94. The van der Waals surface area contributed by atoms with Gasteiger partial charge in [0.2, 0.25) is 5.95 Å². The monoisotopic (exact) mass is 464 g/mol. The lowest BCUT2D eigenvalue weighted by atomic mass is 9.94. The van der Waals surface area contributed by atoms with E-state index in [1.807, 2.05) is 16.7 Å². The summed E-state index contributed by atoms with van der Waals surface area (Å²) in [6.07, 6.45) is 8.79. The lowest BCUT2D eigenvalue weighted by Crippen LogP contribution is -2.35. The number of halogens is 1. The van der Waals surface area contributed by atoms with Crippen molar-refractivity contribution in [1.29, 1.82) is 0 Å². The lowest BCUT2D eigenvalue weighted by Gasteiger charge is -2.32. The topological polar surface area (TPSA) is 119 Å². The minimum atomic E-state index is -0.114. The molecule has 2 fully saturated rings. The number of nitrogens with zero attached hydrogens (tertiary/aromatic N) is 6. The molecule has 2 aliphatic rings. The van der Waals surface area contributed by atoms with Crippen molar-refractivity contribution in [2.75, 3.05) is 17.2 Å². The molecule has 33 heavy (non-hydrogen) atoms. The fourth-order valence-corrected chi connectivity index (χ4v) is 5.72. The highest BCUT2D eigenvalue weighted by Gasteiger charge is 2.35. The fraction of sp³-hybridized carbons (Fsp3) is 0.435. The van der Waals surface area contributed by atoms with Crippen molar-refractivity contribution in [1.82, 2.24) is 29.5 Å². The summed E-state index contributed by atoms with van der Waals surface area (Å²) < 4.78 is 1.93. The third-order valence-corrected chi connectivity index (χ3v) is 7.26. The van der Waals surface area contributed by atoms with Crippen molar-refractivity contribution in [2.45, 2.75) is 57.0 Å². The standard InChI is InChI=1S/C23H25ClN8O/c24-14-8-4-9-15-17(14)22(33)32(13-6-2-1-3-7-13)20(28-15)16-10-5-11-31(16)21-18-19(27-12-26-18)29-23(25)30-21/h4,8-9,12-13,16H,1-3,5-7,10-11H2,(H3,25,26,27,29,30). The average Bonchev–Trinajstić information content (AvgIpc) is 3.48. The highest BCUT2D eigenvalue weighted by molar-refractivity contribution is 6.35. The Morgan fingerprint density at radius 3 is 2.76 bits per heavy atom. The van der Waals surface area contributed by atoms with Crippen molar-refractivity contribution < 1.29 is 0 Å². The number of H-pyrrole nitrogens is 1. The van der Waals surface area contributed by atoms with Crippen LogP contribution in [-0.2, 0) is 0 Å². The van der Waals surface area contributed by atoms with Crippen LogP contribution in [0.15, 0.2) is 29.3 Å². The molecule has 0 radical (unpaired) electrons. The van der Waals surface area contributed by atoms with Gasteiger partial charge in [-0.05, 0) is 37.8 Å². The van der Waals surface area contributed by atoms with Gasteiger partial charge in [0.05, 0.1) is 28.3 Å².